The van der Waals surface area contributed by atoms with E-state index >= 15 is 0 Å². The van der Waals surface area contributed by atoms with E-state index in [1.165, 1.54) is 13.0 Å². The van der Waals surface area contributed by atoms with E-state index in [4.69, 9.17) is 0 Å². The number of carbonyl (C=O) groups excluding carboxylic acids is 1. The Hall–Kier alpha value is -2.75. The molecule has 32 heavy (non-hydrogen) atoms. The second kappa shape index (κ2) is 9.40. The molecule has 1 aliphatic heterocycles. The lowest BCUT2D eigenvalue weighted by molar-refractivity contribution is -0.129. The summed E-state index contributed by atoms with van der Waals surface area (Å²) in [5, 5.41) is 0. The van der Waals surface area contributed by atoms with Crippen LogP contribution in [0.2, 0.25) is 0 Å². The Morgan fingerprint density at radius 1 is 1.03 bits per heavy atom. The van der Waals surface area contributed by atoms with Crippen LogP contribution in [0.5, 0.6) is 0 Å². The molecule has 0 spiro atoms. The van der Waals surface area contributed by atoms with Crippen molar-refractivity contribution in [3.8, 4) is 0 Å². The summed E-state index contributed by atoms with van der Waals surface area (Å²) in [6, 6.07) is 13.0. The predicted molar refractivity (Wildman–Crippen MR) is 118 cm³/mol. The molecule has 1 aliphatic rings. The van der Waals surface area contributed by atoms with E-state index in [1.807, 2.05) is 4.90 Å². The Balaban J connectivity index is 2.01. The molecule has 1 heterocycles. The van der Waals surface area contributed by atoms with Crippen LogP contribution in [-0.4, -0.2) is 58.1 Å². The zero-order valence-corrected chi connectivity index (χ0v) is 18.8. The van der Waals surface area contributed by atoms with Crippen molar-refractivity contribution in [2.45, 2.75) is 25.8 Å². The summed E-state index contributed by atoms with van der Waals surface area (Å²) < 4.78 is 67.4. The minimum absolute atomic E-state index is 0.00506. The number of piperazine rings is 1. The fraction of sp³-hybridized carbons (Fsp3) is 0.409. The van der Waals surface area contributed by atoms with Gasteiger partial charge in [-0.15, -0.1) is 0 Å². The van der Waals surface area contributed by atoms with E-state index in [2.05, 4.69) is 0 Å². The molecule has 0 radical (unpaired) electrons. The van der Waals surface area contributed by atoms with Gasteiger partial charge in [-0.3, -0.25) is 9.10 Å². The first-order valence-electron chi connectivity index (χ1n) is 10.2. The molecule has 10 heteroatoms. The predicted octanol–water partition coefficient (Wildman–Crippen LogP) is 3.56. The fourth-order valence-corrected chi connectivity index (χ4v) is 5.28. The highest BCUT2D eigenvalue weighted by Crippen LogP contribution is 2.36. The maximum atomic E-state index is 13.5. The minimum atomic E-state index is -4.72. The molecule has 0 N–H and O–H groups in total. The van der Waals surface area contributed by atoms with E-state index in [0.717, 1.165) is 0 Å². The maximum absolute atomic E-state index is 13.5. The van der Waals surface area contributed by atoms with Gasteiger partial charge in [-0.25, -0.2) is 8.42 Å². The van der Waals surface area contributed by atoms with Gasteiger partial charge in [0.25, 0.3) is 0 Å². The van der Waals surface area contributed by atoms with Crippen molar-refractivity contribution in [2.75, 3.05) is 41.9 Å². The third kappa shape index (κ3) is 5.93. The summed E-state index contributed by atoms with van der Waals surface area (Å²) in [6.45, 7) is 3.18. The Morgan fingerprint density at radius 3 is 2.22 bits per heavy atom. The van der Waals surface area contributed by atoms with E-state index < -0.39 is 28.5 Å². The lowest BCUT2D eigenvalue weighted by atomic mass is 10.1. The third-order valence-electron chi connectivity index (χ3n) is 5.32. The Kier molecular flexibility index (Phi) is 7.02. The Bertz CT molecular complexity index is 1050. The normalized spacial score (nSPS) is 15.0. The molecule has 1 saturated heterocycles. The highest BCUT2D eigenvalue weighted by atomic mass is 32.2. The summed E-state index contributed by atoms with van der Waals surface area (Å²) in [5.41, 5.74) is 1.45. The van der Waals surface area contributed by atoms with E-state index in [1.54, 1.807) is 54.3 Å². The van der Waals surface area contributed by atoms with Gasteiger partial charge < -0.3 is 9.80 Å². The number of alkyl halides is 3. The van der Waals surface area contributed by atoms with Crippen LogP contribution in [-0.2, 0) is 20.6 Å². The average Bonchev–Trinajstić information content (AvgIpc) is 2.72. The van der Waals surface area contributed by atoms with Gasteiger partial charge in [0.15, 0.2) is 0 Å². The van der Waals surface area contributed by atoms with Gasteiger partial charge in [-0.2, -0.15) is 13.2 Å². The number of carbonyl (C=O) groups is 1. The molecular weight excluding hydrogens is 443 g/mol. The van der Waals surface area contributed by atoms with Crippen LogP contribution in [0.25, 0.3) is 0 Å². The first kappa shape index (κ1) is 23.9. The van der Waals surface area contributed by atoms with Crippen molar-refractivity contribution < 1.29 is 26.4 Å². The van der Waals surface area contributed by atoms with Crippen molar-refractivity contribution in [1.29, 1.82) is 0 Å². The first-order chi connectivity index (χ1) is 15.0. The number of nitrogens with zero attached hydrogens (tertiary/aromatic N) is 3. The van der Waals surface area contributed by atoms with E-state index in [0.29, 0.717) is 47.3 Å². The molecule has 0 saturated carbocycles. The lowest BCUT2D eigenvalue weighted by Crippen LogP contribution is -2.49. The molecule has 0 bridgehead atoms. The third-order valence-corrected chi connectivity index (χ3v) is 7.01. The van der Waals surface area contributed by atoms with E-state index in [-0.39, 0.29) is 11.6 Å². The van der Waals surface area contributed by atoms with Gasteiger partial charge in [0.05, 0.1) is 17.1 Å². The van der Waals surface area contributed by atoms with Crippen molar-refractivity contribution in [2.24, 2.45) is 0 Å². The summed E-state index contributed by atoms with van der Waals surface area (Å²) in [4.78, 5) is 15.1. The number of rotatable bonds is 6. The van der Waals surface area contributed by atoms with Crippen LogP contribution < -0.4 is 9.21 Å². The SMILES string of the molecule is CC(=O)N1CCN(c2ccc(C)cc2N(CC(F)(F)F)S(=O)(=O)Cc2ccccc2)CC1. The van der Waals surface area contributed by atoms with Crippen LogP contribution in [0.1, 0.15) is 18.1 Å². The smallest absolute Gasteiger partial charge is 0.366 e. The van der Waals surface area contributed by atoms with Crippen molar-refractivity contribution >= 4 is 27.3 Å². The fourth-order valence-electron chi connectivity index (χ4n) is 3.72. The van der Waals surface area contributed by atoms with Crippen LogP contribution in [0.4, 0.5) is 24.5 Å². The number of hydrogen-bond acceptors (Lipinski definition) is 4. The van der Waals surface area contributed by atoms with Crippen LogP contribution in [0, 0.1) is 6.92 Å². The van der Waals surface area contributed by atoms with Crippen LogP contribution in [0.15, 0.2) is 48.5 Å². The largest absolute Gasteiger partial charge is 0.407 e. The number of hydrogen-bond donors (Lipinski definition) is 0. The molecule has 2 aromatic rings. The summed E-state index contributed by atoms with van der Waals surface area (Å²) in [6.07, 6.45) is -4.72. The van der Waals surface area contributed by atoms with E-state index in [9.17, 15) is 26.4 Å². The number of aryl methyl sites for hydroxylation is 1. The first-order valence-corrected chi connectivity index (χ1v) is 11.8. The molecule has 174 valence electrons. The minimum Gasteiger partial charge on any atom is -0.366 e. The van der Waals surface area contributed by atoms with Gasteiger partial charge in [-0.05, 0) is 30.2 Å². The van der Waals surface area contributed by atoms with Crippen molar-refractivity contribution in [3.05, 3.63) is 59.7 Å². The summed E-state index contributed by atoms with van der Waals surface area (Å²) in [5.74, 6) is -0.618. The second-order valence-corrected chi connectivity index (χ2v) is 9.74. The van der Waals surface area contributed by atoms with Crippen molar-refractivity contribution in [1.82, 2.24) is 4.90 Å². The number of benzene rings is 2. The molecule has 6 nitrogen and oxygen atoms in total. The molecule has 0 unspecified atom stereocenters. The maximum Gasteiger partial charge on any atom is 0.407 e. The Labute approximate surface area is 186 Å². The van der Waals surface area contributed by atoms with Gasteiger partial charge in [-0.1, -0.05) is 36.4 Å². The Morgan fingerprint density at radius 2 is 1.66 bits per heavy atom. The van der Waals surface area contributed by atoms with Gasteiger partial charge >= 0.3 is 6.18 Å². The lowest BCUT2D eigenvalue weighted by Gasteiger charge is -2.38. The number of halogens is 3. The number of amides is 1. The van der Waals surface area contributed by atoms with Gasteiger partial charge in [0, 0.05) is 33.1 Å². The monoisotopic (exact) mass is 469 g/mol. The standard InChI is InChI=1S/C22H26F3N3O3S/c1-17-8-9-20(27-12-10-26(11-13-27)18(2)29)21(14-17)28(16-22(23,24)25)32(30,31)15-19-6-4-3-5-7-19/h3-9,14H,10-13,15-16H2,1-2H3. The quantitative estimate of drug-likeness (QED) is 0.649. The van der Waals surface area contributed by atoms with Crippen LogP contribution in [0.3, 0.4) is 0 Å². The molecular formula is C22H26F3N3O3S. The molecule has 3 rings (SSSR count). The molecule has 0 aliphatic carbocycles. The molecule has 1 amide bonds. The zero-order valence-electron chi connectivity index (χ0n) is 18.0. The molecule has 0 atom stereocenters. The van der Waals surface area contributed by atoms with Gasteiger partial charge in [0.1, 0.15) is 6.54 Å². The average molecular weight is 470 g/mol. The highest BCUT2D eigenvalue weighted by molar-refractivity contribution is 7.92. The highest BCUT2D eigenvalue weighted by Gasteiger charge is 2.38. The topological polar surface area (TPSA) is 60.9 Å². The zero-order chi connectivity index (χ0) is 23.5. The molecule has 0 aromatic heterocycles. The van der Waals surface area contributed by atoms with Gasteiger partial charge in [0.2, 0.25) is 15.9 Å². The number of sulfonamides is 1. The second-order valence-electron chi connectivity index (χ2n) is 7.85. The summed E-state index contributed by atoms with van der Waals surface area (Å²) in [7, 11) is -4.34. The molecule has 2 aromatic carbocycles. The number of anilines is 2. The van der Waals surface area contributed by atoms with Crippen LogP contribution >= 0.6 is 0 Å². The van der Waals surface area contributed by atoms with Crippen molar-refractivity contribution in [3.63, 3.8) is 0 Å². The molecule has 1 fully saturated rings. The summed E-state index contributed by atoms with van der Waals surface area (Å²) >= 11 is 0.